The number of benzene rings is 1. The molecular weight excluding hydrogens is 618 g/mol. The standard InChI is InChI=1S/C32H40BrN3O7/c1-3-4-10-15-35-16-11-6-9-14-23(38)34-20(2)26(21-12-7-5-8-13-21)42-31(41)24-25-29(39)36(17-18-37)28(30(35)40)32(25)19-22(33)27(24)43-32/h5-8,11-13,19-20,24-28,37H,3-4,9-10,14-18H2,1-2H3,(H,34,38)/b11-6-/t20-,24+,25-,26+,27+,28+,32-/m0/s1. The monoisotopic (exact) mass is 657 g/mol. The van der Waals surface area contributed by atoms with Gasteiger partial charge in [0.25, 0.3) is 0 Å². The van der Waals surface area contributed by atoms with E-state index in [-0.39, 0.29) is 31.4 Å². The highest BCUT2D eigenvalue weighted by molar-refractivity contribution is 9.11. The fourth-order valence-electron chi connectivity index (χ4n) is 6.87. The Morgan fingerprint density at radius 1 is 1.05 bits per heavy atom. The maximum absolute atomic E-state index is 14.4. The number of hydrogen-bond acceptors (Lipinski definition) is 7. The fourth-order valence-corrected chi connectivity index (χ4v) is 7.61. The summed E-state index contributed by atoms with van der Waals surface area (Å²) in [6, 6.07) is 7.55. The Kier molecular flexibility index (Phi) is 9.73. The molecule has 1 aromatic rings. The lowest BCUT2D eigenvalue weighted by Crippen LogP contribution is -2.56. The maximum Gasteiger partial charge on any atom is 0.313 e. The molecule has 5 rings (SSSR count). The molecule has 2 fully saturated rings. The second-order valence-electron chi connectivity index (χ2n) is 11.7. The summed E-state index contributed by atoms with van der Waals surface area (Å²) < 4.78 is 13.2. The number of aliphatic hydroxyl groups excluding tert-OH is 1. The number of nitrogens with zero attached hydrogens (tertiary/aromatic N) is 2. The van der Waals surface area contributed by atoms with Crippen molar-refractivity contribution in [2.24, 2.45) is 11.8 Å². The van der Waals surface area contributed by atoms with Gasteiger partial charge in [-0.2, -0.15) is 0 Å². The first-order chi connectivity index (χ1) is 20.7. The average molecular weight is 659 g/mol. The number of nitrogens with one attached hydrogen (secondary N) is 1. The Hall–Kier alpha value is -3.02. The number of carbonyl (C=O) groups is 4. The number of cyclic esters (lactones) is 1. The number of amides is 3. The van der Waals surface area contributed by atoms with Crippen LogP contribution in [-0.4, -0.2) is 88.6 Å². The summed E-state index contributed by atoms with van der Waals surface area (Å²) in [5.74, 6) is -3.57. The number of unbranched alkanes of at least 4 members (excludes halogenated alkanes) is 2. The number of β-amino-alcohol motifs (C(OH)–C–C–N with tert-alkyl or cyclic N) is 1. The maximum atomic E-state index is 14.4. The normalized spacial score (nSPS) is 33.7. The zero-order valence-corrected chi connectivity index (χ0v) is 26.2. The molecule has 11 heteroatoms. The number of carbonyl (C=O) groups excluding carboxylic acids is 4. The lowest BCUT2D eigenvalue weighted by atomic mass is 9.74. The van der Waals surface area contributed by atoms with Crippen LogP contribution in [0.3, 0.4) is 0 Å². The first kappa shape index (κ1) is 31.4. The van der Waals surface area contributed by atoms with E-state index >= 15 is 0 Å². The van der Waals surface area contributed by atoms with Crippen molar-refractivity contribution in [3.8, 4) is 0 Å². The Morgan fingerprint density at radius 2 is 1.81 bits per heavy atom. The molecule has 232 valence electrons. The van der Waals surface area contributed by atoms with Gasteiger partial charge in [0, 0.05) is 30.5 Å². The molecule has 0 radical (unpaired) electrons. The van der Waals surface area contributed by atoms with Crippen LogP contribution in [0.15, 0.2) is 53.0 Å². The van der Waals surface area contributed by atoms with Crippen molar-refractivity contribution in [1.82, 2.24) is 15.1 Å². The minimum atomic E-state index is -1.39. The molecule has 0 saturated carbocycles. The Morgan fingerprint density at radius 3 is 2.53 bits per heavy atom. The van der Waals surface area contributed by atoms with Gasteiger partial charge in [0.2, 0.25) is 17.7 Å². The number of esters is 1. The van der Waals surface area contributed by atoms with Gasteiger partial charge in [-0.1, -0.05) is 78.2 Å². The van der Waals surface area contributed by atoms with Gasteiger partial charge in [-0.15, -0.1) is 0 Å². The highest BCUT2D eigenvalue weighted by atomic mass is 79.9. The first-order valence-electron chi connectivity index (χ1n) is 15.2. The number of rotatable bonds is 7. The third-order valence-electron chi connectivity index (χ3n) is 8.86. The quantitative estimate of drug-likeness (QED) is 0.262. The minimum absolute atomic E-state index is 0.0664. The van der Waals surface area contributed by atoms with Crippen LogP contribution in [0.25, 0.3) is 0 Å². The van der Waals surface area contributed by atoms with Crippen molar-refractivity contribution in [3.63, 3.8) is 0 Å². The molecule has 10 nitrogen and oxygen atoms in total. The van der Waals surface area contributed by atoms with Gasteiger partial charge in [-0.05, 0) is 31.4 Å². The van der Waals surface area contributed by atoms with E-state index in [2.05, 4.69) is 28.2 Å². The predicted molar refractivity (Wildman–Crippen MR) is 162 cm³/mol. The van der Waals surface area contributed by atoms with E-state index in [9.17, 15) is 24.3 Å². The molecule has 0 unspecified atom stereocenters. The van der Waals surface area contributed by atoms with Crippen molar-refractivity contribution < 1.29 is 33.8 Å². The van der Waals surface area contributed by atoms with E-state index in [4.69, 9.17) is 9.47 Å². The first-order valence-corrected chi connectivity index (χ1v) is 16.0. The van der Waals surface area contributed by atoms with Crippen LogP contribution >= 0.6 is 15.9 Å². The predicted octanol–water partition coefficient (Wildman–Crippen LogP) is 3.01. The van der Waals surface area contributed by atoms with E-state index in [1.165, 1.54) is 4.90 Å². The number of likely N-dealkylation sites (tertiary alicyclic amines) is 1. The van der Waals surface area contributed by atoms with Gasteiger partial charge >= 0.3 is 5.97 Å². The van der Waals surface area contributed by atoms with Crippen LogP contribution in [-0.2, 0) is 28.7 Å². The van der Waals surface area contributed by atoms with Gasteiger partial charge in [-0.25, -0.2) is 0 Å². The largest absolute Gasteiger partial charge is 0.455 e. The van der Waals surface area contributed by atoms with Crippen LogP contribution in [0, 0.1) is 11.8 Å². The van der Waals surface area contributed by atoms with Crippen molar-refractivity contribution in [3.05, 3.63) is 58.6 Å². The number of hydrogen-bond donors (Lipinski definition) is 2. The SMILES string of the molecule is CCCCCN1C/C=C\CCC(=O)N[C@@H](C)[C@H](c2ccccc2)OC(=O)[C@H]2[C@@H]3O[C@@]4(C=C3Br)[C@@H]2C(=O)N(CCO)[C@@H]4C1=O. The zero-order valence-electron chi connectivity index (χ0n) is 24.6. The Labute approximate surface area is 260 Å². The minimum Gasteiger partial charge on any atom is -0.455 e. The highest BCUT2D eigenvalue weighted by Crippen LogP contribution is 2.59. The zero-order chi connectivity index (χ0) is 30.7. The molecule has 0 aliphatic carbocycles. The van der Waals surface area contributed by atoms with E-state index < -0.39 is 53.6 Å². The summed E-state index contributed by atoms with van der Waals surface area (Å²) in [6.07, 6.45) is 7.30. The second-order valence-corrected chi connectivity index (χ2v) is 12.6. The molecule has 4 aliphatic rings. The lowest BCUT2D eigenvalue weighted by Gasteiger charge is -2.35. The van der Waals surface area contributed by atoms with Crippen LogP contribution in [0.1, 0.15) is 57.6 Å². The van der Waals surface area contributed by atoms with Crippen LogP contribution in [0.4, 0.5) is 0 Å². The molecule has 1 spiro atoms. The molecule has 5 bridgehead atoms. The Balaban J connectivity index is 1.57. The number of halogens is 1. The number of aliphatic hydroxyl groups is 1. The molecule has 2 saturated heterocycles. The number of allylic oxidation sites excluding steroid dienone is 1. The average Bonchev–Trinajstić information content (AvgIpc) is 3.58. The molecule has 43 heavy (non-hydrogen) atoms. The van der Waals surface area contributed by atoms with Gasteiger partial charge in [0.05, 0.1) is 18.6 Å². The molecule has 0 aromatic heterocycles. The summed E-state index contributed by atoms with van der Waals surface area (Å²) in [7, 11) is 0. The fraction of sp³-hybridized carbons (Fsp3) is 0.562. The molecule has 2 N–H and O–H groups in total. The van der Waals surface area contributed by atoms with Crippen LogP contribution in [0.2, 0.25) is 0 Å². The second kappa shape index (κ2) is 13.3. The van der Waals surface area contributed by atoms with E-state index in [1.54, 1.807) is 17.9 Å². The van der Waals surface area contributed by atoms with Gasteiger partial charge < -0.3 is 29.7 Å². The third kappa shape index (κ3) is 5.91. The molecular formula is C32H40BrN3O7. The van der Waals surface area contributed by atoms with Crippen molar-refractivity contribution in [1.29, 1.82) is 0 Å². The molecule has 3 amide bonds. The van der Waals surface area contributed by atoms with Gasteiger partial charge in [-0.3, -0.25) is 19.2 Å². The van der Waals surface area contributed by atoms with Crippen molar-refractivity contribution in [2.45, 2.75) is 75.8 Å². The van der Waals surface area contributed by atoms with E-state index in [1.807, 2.05) is 42.5 Å². The third-order valence-corrected chi connectivity index (χ3v) is 9.54. The van der Waals surface area contributed by atoms with Crippen molar-refractivity contribution in [2.75, 3.05) is 26.2 Å². The van der Waals surface area contributed by atoms with Crippen LogP contribution in [0.5, 0.6) is 0 Å². The van der Waals surface area contributed by atoms with Crippen molar-refractivity contribution >= 4 is 39.6 Å². The summed E-state index contributed by atoms with van der Waals surface area (Å²) in [6.45, 7) is 4.24. The highest BCUT2D eigenvalue weighted by Gasteiger charge is 2.74. The summed E-state index contributed by atoms with van der Waals surface area (Å²) in [5, 5.41) is 12.9. The molecule has 1 aromatic carbocycles. The summed E-state index contributed by atoms with van der Waals surface area (Å²) in [4.78, 5) is 58.5. The number of fused-ring (bicyclic) bond motifs is 2. The Bertz CT molecular complexity index is 1290. The van der Waals surface area contributed by atoms with E-state index in [0.29, 0.717) is 29.6 Å². The molecule has 7 atom stereocenters. The number of ether oxygens (including phenoxy) is 2. The summed E-state index contributed by atoms with van der Waals surface area (Å²) >= 11 is 3.56. The van der Waals surface area contributed by atoms with Crippen LogP contribution < -0.4 is 5.32 Å². The van der Waals surface area contributed by atoms with Gasteiger partial charge in [0.15, 0.2) is 0 Å². The summed E-state index contributed by atoms with van der Waals surface area (Å²) in [5.41, 5.74) is -0.690. The smallest absolute Gasteiger partial charge is 0.313 e. The van der Waals surface area contributed by atoms with Gasteiger partial charge in [0.1, 0.15) is 29.8 Å². The molecule has 4 heterocycles. The van der Waals surface area contributed by atoms with E-state index in [0.717, 1.165) is 19.3 Å². The lowest BCUT2D eigenvalue weighted by molar-refractivity contribution is -0.161. The molecule has 4 aliphatic heterocycles. The topological polar surface area (TPSA) is 125 Å².